The summed E-state index contributed by atoms with van der Waals surface area (Å²) in [5.41, 5.74) is 0.442. The molecule has 1 spiro atoms. The Kier molecular flexibility index (Phi) is 5.51. The molecule has 2 saturated heterocycles. The lowest BCUT2D eigenvalue weighted by Crippen LogP contribution is -2.75. The van der Waals surface area contributed by atoms with Gasteiger partial charge in [0.15, 0.2) is 17.7 Å². The Morgan fingerprint density at radius 1 is 1.12 bits per heavy atom. The van der Waals surface area contributed by atoms with Crippen molar-refractivity contribution in [3.63, 3.8) is 0 Å². The molecular weight excluding hydrogens is 532 g/mol. The summed E-state index contributed by atoms with van der Waals surface area (Å²) >= 11 is 0. The minimum Gasteiger partial charge on any atom is -0.382 e. The molecule has 8 nitrogen and oxygen atoms in total. The van der Waals surface area contributed by atoms with Gasteiger partial charge < -0.3 is 29.2 Å². The number of likely N-dealkylation sites (tertiary alicyclic amines) is 1. The number of ketones is 1. The first kappa shape index (κ1) is 27.1. The smallest absolute Gasteiger partial charge is 0.248 e. The molecule has 0 radical (unpaired) electrons. The van der Waals surface area contributed by atoms with Crippen molar-refractivity contribution in [3.05, 3.63) is 47.2 Å². The molecule has 6 aliphatic rings. The number of aromatic nitrogens is 1. The van der Waals surface area contributed by atoms with Crippen molar-refractivity contribution in [2.75, 3.05) is 19.7 Å². The van der Waals surface area contributed by atoms with Gasteiger partial charge in [0, 0.05) is 52.5 Å². The third-order valence-electron chi connectivity index (χ3n) is 12.4. The zero-order valence-corrected chi connectivity index (χ0v) is 25.1. The number of amides is 1. The quantitative estimate of drug-likeness (QED) is 0.566. The first-order valence-electron chi connectivity index (χ1n) is 15.8. The molecule has 2 N–H and O–H groups in total. The van der Waals surface area contributed by atoms with Crippen LogP contribution in [0, 0.1) is 11.3 Å². The fourth-order valence-electron chi connectivity index (χ4n) is 9.99. The fourth-order valence-corrected chi connectivity index (χ4v) is 9.99. The average molecular weight is 575 g/mol. The zero-order valence-electron chi connectivity index (χ0n) is 25.1. The Morgan fingerprint density at radius 3 is 2.67 bits per heavy atom. The fraction of sp³-hybridized carbons (Fsp3) is 0.647. The molecule has 2 aromatic rings. The van der Waals surface area contributed by atoms with Gasteiger partial charge in [0.05, 0.1) is 6.10 Å². The van der Waals surface area contributed by atoms with E-state index in [0.717, 1.165) is 44.3 Å². The number of piperidine rings is 1. The normalized spacial score (nSPS) is 41.6. The van der Waals surface area contributed by atoms with Gasteiger partial charge in [-0.1, -0.05) is 32.0 Å². The van der Waals surface area contributed by atoms with Crippen LogP contribution >= 0.6 is 0 Å². The molecule has 224 valence electrons. The number of hydrogen-bond donors (Lipinski definition) is 2. The van der Waals surface area contributed by atoms with E-state index in [4.69, 9.17) is 14.2 Å². The SMILES string of the molecule is CC1(C)O[C@@]23CC[C@]4(C)[C@@]5(C)c6[nH]c7ccccc7c6C[C@@H]5C[C@H](OCC(=O)N5CCCCC5)[C@@]4(O)C2=CC(=O)C1O3. The molecule has 1 aromatic carbocycles. The molecule has 1 unspecified atom stereocenters. The Bertz CT molecular complexity index is 1540. The van der Waals surface area contributed by atoms with Gasteiger partial charge in [-0.15, -0.1) is 0 Å². The second-order valence-electron chi connectivity index (χ2n) is 14.6. The second-order valence-corrected chi connectivity index (χ2v) is 14.6. The van der Waals surface area contributed by atoms with E-state index >= 15 is 0 Å². The number of hydrogen-bond acceptors (Lipinski definition) is 6. The van der Waals surface area contributed by atoms with Crippen LogP contribution in [0.25, 0.3) is 10.9 Å². The molecule has 1 aromatic heterocycles. The molecule has 8 rings (SSSR count). The maximum Gasteiger partial charge on any atom is 0.248 e. The number of carbonyl (C=O) groups is 2. The Hall–Kier alpha value is -2.52. The Morgan fingerprint density at radius 2 is 1.88 bits per heavy atom. The number of carbonyl (C=O) groups excluding carboxylic acids is 2. The lowest BCUT2D eigenvalue weighted by molar-refractivity contribution is -0.280. The highest BCUT2D eigenvalue weighted by Crippen LogP contribution is 2.72. The van der Waals surface area contributed by atoms with Gasteiger partial charge in [-0.05, 0) is 76.0 Å². The monoisotopic (exact) mass is 574 g/mol. The number of fused-ring (bicyclic) bond motifs is 9. The summed E-state index contributed by atoms with van der Waals surface area (Å²) in [6, 6.07) is 8.41. The van der Waals surface area contributed by atoms with Crippen molar-refractivity contribution in [1.82, 2.24) is 9.88 Å². The van der Waals surface area contributed by atoms with Gasteiger partial charge in [0.2, 0.25) is 5.91 Å². The number of H-pyrrole nitrogens is 1. The second kappa shape index (κ2) is 8.56. The first-order valence-corrected chi connectivity index (χ1v) is 15.8. The summed E-state index contributed by atoms with van der Waals surface area (Å²) in [5.74, 6) is -1.23. The molecule has 1 amide bonds. The number of benzene rings is 1. The van der Waals surface area contributed by atoms with Gasteiger partial charge in [-0.25, -0.2) is 0 Å². The largest absolute Gasteiger partial charge is 0.382 e. The van der Waals surface area contributed by atoms with Crippen LogP contribution in [0.15, 0.2) is 35.9 Å². The van der Waals surface area contributed by atoms with Crippen molar-refractivity contribution >= 4 is 22.6 Å². The summed E-state index contributed by atoms with van der Waals surface area (Å²) in [4.78, 5) is 32.5. The summed E-state index contributed by atoms with van der Waals surface area (Å²) in [7, 11) is 0. The standard InChI is InChI=1S/C34H42N2O6/c1-30(2)29-24(37)18-25-33(41-29,42-30)13-12-31(3)32(4)20(16-22-21-10-6-7-11-23(21)35-28(22)32)17-26(34(25,31)39)40-19-27(38)36-14-8-5-9-15-36/h6-7,10-11,18,20,26,29,35,39H,5,8-9,12-17,19H2,1-4H3/t20-,26+,29?,31-,32-,33+,34+/m1/s1. The van der Waals surface area contributed by atoms with E-state index in [2.05, 4.69) is 37.0 Å². The predicted molar refractivity (Wildman–Crippen MR) is 156 cm³/mol. The molecule has 2 saturated carbocycles. The third kappa shape index (κ3) is 3.17. The van der Waals surface area contributed by atoms with Crippen LogP contribution in [0.5, 0.6) is 0 Å². The van der Waals surface area contributed by atoms with Crippen molar-refractivity contribution < 1.29 is 28.9 Å². The maximum absolute atomic E-state index is 13.5. The number of rotatable bonds is 3. The summed E-state index contributed by atoms with van der Waals surface area (Å²) < 4.78 is 19.7. The lowest BCUT2D eigenvalue weighted by Gasteiger charge is -2.67. The van der Waals surface area contributed by atoms with Gasteiger partial charge in [0.25, 0.3) is 0 Å². The molecule has 4 heterocycles. The van der Waals surface area contributed by atoms with Crippen molar-refractivity contribution in [2.45, 2.75) is 107 Å². The molecular formula is C34H42N2O6. The summed E-state index contributed by atoms with van der Waals surface area (Å²) in [6.45, 7) is 9.62. The van der Waals surface area contributed by atoms with Crippen molar-refractivity contribution in [1.29, 1.82) is 0 Å². The highest BCUT2D eigenvalue weighted by Gasteiger charge is 2.78. The van der Waals surface area contributed by atoms with Crippen LogP contribution in [-0.2, 0) is 35.6 Å². The summed E-state index contributed by atoms with van der Waals surface area (Å²) in [5, 5.41) is 14.6. The highest BCUT2D eigenvalue weighted by molar-refractivity contribution is 5.97. The molecule has 42 heavy (non-hydrogen) atoms. The molecule has 8 heteroatoms. The predicted octanol–water partition coefficient (Wildman–Crippen LogP) is 4.33. The maximum atomic E-state index is 13.5. The van der Waals surface area contributed by atoms with Gasteiger partial charge in [-0.3, -0.25) is 9.59 Å². The number of aliphatic hydroxyl groups is 1. The highest BCUT2D eigenvalue weighted by atomic mass is 16.8. The number of nitrogens with zero attached hydrogens (tertiary/aromatic N) is 1. The van der Waals surface area contributed by atoms with Gasteiger partial charge >= 0.3 is 0 Å². The first-order chi connectivity index (χ1) is 19.9. The molecule has 3 aliphatic heterocycles. The minimum absolute atomic E-state index is 0.0373. The topological polar surface area (TPSA) is 101 Å². The molecule has 4 fully saturated rings. The van der Waals surface area contributed by atoms with E-state index in [1.54, 1.807) is 6.08 Å². The van der Waals surface area contributed by atoms with Crippen LogP contribution in [0.3, 0.4) is 0 Å². The van der Waals surface area contributed by atoms with Gasteiger partial charge in [0.1, 0.15) is 17.8 Å². The van der Waals surface area contributed by atoms with E-state index in [9.17, 15) is 14.7 Å². The van der Waals surface area contributed by atoms with Crippen LogP contribution < -0.4 is 0 Å². The van der Waals surface area contributed by atoms with Crippen molar-refractivity contribution in [2.24, 2.45) is 11.3 Å². The van der Waals surface area contributed by atoms with Crippen LogP contribution in [-0.4, -0.2) is 75.6 Å². The number of aromatic amines is 1. The lowest BCUT2D eigenvalue weighted by atomic mass is 9.41. The Balaban J connectivity index is 1.26. The van der Waals surface area contributed by atoms with E-state index in [1.807, 2.05) is 24.8 Å². The number of ether oxygens (including phenoxy) is 3. The third-order valence-corrected chi connectivity index (χ3v) is 12.4. The van der Waals surface area contributed by atoms with Crippen LogP contribution in [0.4, 0.5) is 0 Å². The van der Waals surface area contributed by atoms with Crippen LogP contribution in [0.1, 0.15) is 77.5 Å². The number of nitrogens with one attached hydrogen (secondary N) is 1. The zero-order chi connectivity index (χ0) is 29.3. The van der Waals surface area contributed by atoms with E-state index in [0.29, 0.717) is 24.8 Å². The van der Waals surface area contributed by atoms with Crippen molar-refractivity contribution in [3.8, 4) is 0 Å². The van der Waals surface area contributed by atoms with E-state index in [1.165, 1.54) is 16.6 Å². The minimum atomic E-state index is -1.60. The van der Waals surface area contributed by atoms with Crippen LogP contribution in [0.2, 0.25) is 0 Å². The molecule has 2 bridgehead atoms. The average Bonchev–Trinajstić information content (AvgIpc) is 3.56. The molecule has 3 aliphatic carbocycles. The Labute approximate surface area is 246 Å². The van der Waals surface area contributed by atoms with E-state index < -0.39 is 40.0 Å². The number of para-hydroxylation sites is 1. The summed E-state index contributed by atoms with van der Waals surface area (Å²) in [6.07, 6.45) is 5.91. The molecule has 7 atom stereocenters. The van der Waals surface area contributed by atoms with Gasteiger partial charge in [-0.2, -0.15) is 0 Å². The van der Waals surface area contributed by atoms with E-state index in [-0.39, 0.29) is 24.2 Å².